The summed E-state index contributed by atoms with van der Waals surface area (Å²) in [5, 5.41) is 4.12. The third kappa shape index (κ3) is 2.54. The van der Waals surface area contributed by atoms with Crippen molar-refractivity contribution < 1.29 is 4.52 Å². The van der Waals surface area contributed by atoms with Crippen LogP contribution in [0.15, 0.2) is 28.8 Å². The van der Waals surface area contributed by atoms with E-state index in [9.17, 15) is 0 Å². The highest BCUT2D eigenvalue weighted by atomic mass is 16.5. The van der Waals surface area contributed by atoms with E-state index in [4.69, 9.17) is 10.3 Å². The van der Waals surface area contributed by atoms with Gasteiger partial charge in [-0.3, -0.25) is 0 Å². The summed E-state index contributed by atoms with van der Waals surface area (Å²) < 4.78 is 5.45. The third-order valence-electron chi connectivity index (χ3n) is 3.95. The van der Waals surface area contributed by atoms with Gasteiger partial charge >= 0.3 is 0 Å². The van der Waals surface area contributed by atoms with Crippen molar-refractivity contribution >= 4 is 0 Å². The van der Waals surface area contributed by atoms with Gasteiger partial charge in [0, 0.05) is 17.5 Å². The van der Waals surface area contributed by atoms with Crippen molar-refractivity contribution in [1.29, 1.82) is 0 Å². The summed E-state index contributed by atoms with van der Waals surface area (Å²) in [6, 6.07) is 8.45. The molecule has 1 aliphatic carbocycles. The molecule has 1 aliphatic rings. The lowest BCUT2D eigenvalue weighted by Gasteiger charge is -2.22. The molecule has 0 amide bonds. The van der Waals surface area contributed by atoms with Crippen LogP contribution in [0.3, 0.4) is 0 Å². The zero-order valence-corrected chi connectivity index (χ0v) is 11.2. The Morgan fingerprint density at radius 1 is 1.16 bits per heavy atom. The zero-order chi connectivity index (χ0) is 13.2. The van der Waals surface area contributed by atoms with Crippen molar-refractivity contribution in [1.82, 2.24) is 10.1 Å². The number of nitrogens with two attached hydrogens (primary N) is 1. The molecular formula is C15H19N3O. The van der Waals surface area contributed by atoms with Crippen LogP contribution in [-0.4, -0.2) is 16.2 Å². The molecule has 0 spiro atoms. The van der Waals surface area contributed by atoms with Gasteiger partial charge in [0.15, 0.2) is 0 Å². The maximum Gasteiger partial charge on any atom is 0.230 e. The fourth-order valence-corrected chi connectivity index (χ4v) is 2.70. The SMILES string of the molecule is Cc1ccccc1-c1noc(C2CCC(N)CC2)n1. The second-order valence-corrected chi connectivity index (χ2v) is 5.38. The fourth-order valence-electron chi connectivity index (χ4n) is 2.70. The first-order valence-corrected chi connectivity index (χ1v) is 6.89. The lowest BCUT2D eigenvalue weighted by molar-refractivity contribution is 0.301. The molecule has 4 nitrogen and oxygen atoms in total. The second-order valence-electron chi connectivity index (χ2n) is 5.38. The monoisotopic (exact) mass is 257 g/mol. The molecule has 1 fully saturated rings. The van der Waals surface area contributed by atoms with E-state index in [1.807, 2.05) is 18.2 Å². The Morgan fingerprint density at radius 3 is 2.63 bits per heavy atom. The maximum atomic E-state index is 5.92. The van der Waals surface area contributed by atoms with Gasteiger partial charge in [-0.05, 0) is 38.2 Å². The molecule has 2 aromatic rings. The summed E-state index contributed by atoms with van der Waals surface area (Å²) in [7, 11) is 0. The molecule has 4 heteroatoms. The molecule has 100 valence electrons. The van der Waals surface area contributed by atoms with Gasteiger partial charge < -0.3 is 10.3 Å². The number of rotatable bonds is 2. The van der Waals surface area contributed by atoms with Crippen molar-refractivity contribution in [2.24, 2.45) is 5.73 Å². The Labute approximate surface area is 113 Å². The maximum absolute atomic E-state index is 5.92. The van der Waals surface area contributed by atoms with Crippen LogP contribution in [0.25, 0.3) is 11.4 Å². The first kappa shape index (κ1) is 12.4. The van der Waals surface area contributed by atoms with Crippen LogP contribution in [0.5, 0.6) is 0 Å². The number of nitrogens with zero attached hydrogens (tertiary/aromatic N) is 2. The molecule has 3 rings (SSSR count). The Hall–Kier alpha value is -1.68. The van der Waals surface area contributed by atoms with Crippen LogP contribution in [-0.2, 0) is 0 Å². The summed E-state index contributed by atoms with van der Waals surface area (Å²) in [6.45, 7) is 2.06. The van der Waals surface area contributed by atoms with Crippen LogP contribution in [0.1, 0.15) is 43.1 Å². The zero-order valence-electron chi connectivity index (χ0n) is 11.2. The van der Waals surface area contributed by atoms with Gasteiger partial charge in [-0.25, -0.2) is 0 Å². The first-order chi connectivity index (χ1) is 9.24. The van der Waals surface area contributed by atoms with Crippen LogP contribution in [0.2, 0.25) is 0 Å². The quantitative estimate of drug-likeness (QED) is 0.898. The molecule has 19 heavy (non-hydrogen) atoms. The fraction of sp³-hybridized carbons (Fsp3) is 0.467. The van der Waals surface area contributed by atoms with Crippen molar-refractivity contribution in [3.8, 4) is 11.4 Å². The summed E-state index contributed by atoms with van der Waals surface area (Å²) >= 11 is 0. The molecular weight excluding hydrogens is 238 g/mol. The van der Waals surface area contributed by atoms with Gasteiger partial charge in [0.2, 0.25) is 11.7 Å². The lowest BCUT2D eigenvalue weighted by atomic mass is 9.86. The van der Waals surface area contributed by atoms with E-state index in [1.165, 1.54) is 5.56 Å². The van der Waals surface area contributed by atoms with Crippen molar-refractivity contribution in [3.63, 3.8) is 0 Å². The molecule has 1 heterocycles. The number of aryl methyl sites for hydroxylation is 1. The summed E-state index contributed by atoms with van der Waals surface area (Å²) in [5.41, 5.74) is 8.14. The topological polar surface area (TPSA) is 64.9 Å². The van der Waals surface area contributed by atoms with Gasteiger partial charge in [-0.1, -0.05) is 29.4 Å². The van der Waals surface area contributed by atoms with Crippen molar-refractivity contribution in [3.05, 3.63) is 35.7 Å². The summed E-state index contributed by atoms with van der Waals surface area (Å²) in [5.74, 6) is 1.85. The molecule has 1 saturated carbocycles. The van der Waals surface area contributed by atoms with E-state index in [0.29, 0.717) is 17.8 Å². The number of hydrogen-bond donors (Lipinski definition) is 1. The summed E-state index contributed by atoms with van der Waals surface area (Å²) in [4.78, 5) is 4.57. The Kier molecular flexibility index (Phi) is 3.34. The van der Waals surface area contributed by atoms with Crippen molar-refractivity contribution in [2.45, 2.75) is 44.6 Å². The molecule has 0 aliphatic heterocycles. The number of benzene rings is 1. The molecule has 0 atom stereocenters. The molecule has 1 aromatic carbocycles. The van der Waals surface area contributed by atoms with Gasteiger partial charge in [-0.15, -0.1) is 0 Å². The molecule has 0 saturated heterocycles. The number of hydrogen-bond acceptors (Lipinski definition) is 4. The molecule has 0 radical (unpaired) electrons. The largest absolute Gasteiger partial charge is 0.339 e. The van der Waals surface area contributed by atoms with Crippen LogP contribution in [0, 0.1) is 6.92 Å². The highest BCUT2D eigenvalue weighted by Crippen LogP contribution is 2.32. The van der Waals surface area contributed by atoms with Gasteiger partial charge in [0.05, 0.1) is 0 Å². The van der Waals surface area contributed by atoms with E-state index in [1.54, 1.807) is 0 Å². The van der Waals surface area contributed by atoms with E-state index in [2.05, 4.69) is 23.1 Å². The van der Waals surface area contributed by atoms with E-state index in [0.717, 1.165) is 37.1 Å². The second kappa shape index (κ2) is 5.13. The smallest absolute Gasteiger partial charge is 0.230 e. The van der Waals surface area contributed by atoms with Crippen LogP contribution >= 0.6 is 0 Å². The molecule has 2 N–H and O–H groups in total. The molecule has 0 bridgehead atoms. The lowest BCUT2D eigenvalue weighted by Crippen LogP contribution is -2.25. The Bertz CT molecular complexity index is 556. The highest BCUT2D eigenvalue weighted by Gasteiger charge is 2.25. The van der Waals surface area contributed by atoms with Crippen LogP contribution < -0.4 is 5.73 Å². The predicted octanol–water partition coefficient (Wildman–Crippen LogP) is 3.03. The van der Waals surface area contributed by atoms with Crippen molar-refractivity contribution in [2.75, 3.05) is 0 Å². The van der Waals surface area contributed by atoms with E-state index >= 15 is 0 Å². The van der Waals surface area contributed by atoms with E-state index in [-0.39, 0.29) is 0 Å². The van der Waals surface area contributed by atoms with Crippen LogP contribution in [0.4, 0.5) is 0 Å². The molecule has 1 aromatic heterocycles. The summed E-state index contributed by atoms with van der Waals surface area (Å²) in [6.07, 6.45) is 4.20. The van der Waals surface area contributed by atoms with E-state index < -0.39 is 0 Å². The Balaban J connectivity index is 1.82. The third-order valence-corrected chi connectivity index (χ3v) is 3.95. The minimum atomic E-state index is 0.343. The predicted molar refractivity (Wildman–Crippen MR) is 73.7 cm³/mol. The normalized spacial score (nSPS) is 23.5. The van der Waals surface area contributed by atoms with Gasteiger partial charge in [0.25, 0.3) is 0 Å². The number of aromatic nitrogens is 2. The minimum absolute atomic E-state index is 0.343. The first-order valence-electron chi connectivity index (χ1n) is 6.89. The average molecular weight is 257 g/mol. The standard InChI is InChI=1S/C15H19N3O/c1-10-4-2-3-5-13(10)14-17-15(19-18-14)11-6-8-12(16)9-7-11/h2-5,11-12H,6-9,16H2,1H3. The minimum Gasteiger partial charge on any atom is -0.339 e. The molecule has 0 unspecified atom stereocenters. The highest BCUT2D eigenvalue weighted by molar-refractivity contribution is 5.58. The van der Waals surface area contributed by atoms with Gasteiger partial charge in [0.1, 0.15) is 0 Å². The Morgan fingerprint density at radius 2 is 1.89 bits per heavy atom. The van der Waals surface area contributed by atoms with Gasteiger partial charge in [-0.2, -0.15) is 4.98 Å². The average Bonchev–Trinajstić information content (AvgIpc) is 2.89.